The summed E-state index contributed by atoms with van der Waals surface area (Å²) in [5.74, 6) is -0.459. The third-order valence-electron chi connectivity index (χ3n) is 3.25. The highest BCUT2D eigenvalue weighted by Gasteiger charge is 2.15. The van der Waals surface area contributed by atoms with Gasteiger partial charge < -0.3 is 15.4 Å². The van der Waals surface area contributed by atoms with Gasteiger partial charge in [0.1, 0.15) is 0 Å². The lowest BCUT2D eigenvalue weighted by Gasteiger charge is -2.12. The Labute approximate surface area is 148 Å². The molecule has 0 bridgehead atoms. The van der Waals surface area contributed by atoms with Crippen LogP contribution < -0.4 is 10.6 Å². The minimum Gasteiger partial charge on any atom is -0.462 e. The molecular weight excluding hydrogens is 374 g/mol. The molecule has 0 unspecified atom stereocenters. The monoisotopic (exact) mass is 391 g/mol. The first kappa shape index (κ1) is 17.9. The molecule has 0 fully saturated rings. The third kappa shape index (κ3) is 4.55. The van der Waals surface area contributed by atoms with E-state index in [0.29, 0.717) is 28.3 Å². The quantitative estimate of drug-likeness (QED) is 0.762. The number of hydrogen-bond acceptors (Lipinski definition) is 4. The molecule has 1 aromatic carbocycles. The van der Waals surface area contributed by atoms with Gasteiger partial charge in [-0.2, -0.15) is 0 Å². The maximum Gasteiger partial charge on any atom is 0.340 e. The minimum absolute atomic E-state index is 0.277. The number of hydrogen-bond donors (Lipinski definition) is 2. The average molecular weight is 392 g/mol. The van der Waals surface area contributed by atoms with Gasteiger partial charge in [-0.15, -0.1) is 0 Å². The van der Waals surface area contributed by atoms with Crippen LogP contribution in [0.15, 0.2) is 34.8 Å². The van der Waals surface area contributed by atoms with E-state index in [2.05, 4.69) is 31.5 Å². The smallest absolute Gasteiger partial charge is 0.340 e. The Balaban J connectivity index is 2.16. The number of benzene rings is 1. The Morgan fingerprint density at radius 3 is 2.42 bits per heavy atom. The molecule has 0 aliphatic carbocycles. The Hall–Kier alpha value is -2.41. The van der Waals surface area contributed by atoms with Crippen molar-refractivity contribution in [1.29, 1.82) is 0 Å². The van der Waals surface area contributed by atoms with Gasteiger partial charge in [-0.3, -0.25) is 4.98 Å². The average Bonchev–Trinajstić information content (AvgIpc) is 2.52. The molecule has 2 N–H and O–H groups in total. The number of halogens is 1. The number of urea groups is 1. The van der Waals surface area contributed by atoms with Crippen LogP contribution in [0, 0.1) is 13.8 Å². The van der Waals surface area contributed by atoms with Gasteiger partial charge in [0.25, 0.3) is 0 Å². The van der Waals surface area contributed by atoms with E-state index >= 15 is 0 Å². The number of nitrogens with zero attached hydrogens (tertiary/aromatic N) is 1. The van der Waals surface area contributed by atoms with Crippen molar-refractivity contribution in [3.63, 3.8) is 0 Å². The van der Waals surface area contributed by atoms with Crippen LogP contribution in [0.1, 0.15) is 28.7 Å². The summed E-state index contributed by atoms with van der Waals surface area (Å²) in [6, 6.07) is 8.36. The van der Waals surface area contributed by atoms with Gasteiger partial charge in [0.2, 0.25) is 0 Å². The zero-order valence-electron chi connectivity index (χ0n) is 13.6. The number of aromatic nitrogens is 1. The summed E-state index contributed by atoms with van der Waals surface area (Å²) in [6.45, 7) is 5.50. The summed E-state index contributed by atoms with van der Waals surface area (Å²) in [6.07, 6.45) is 0. The molecular formula is C17H18BrN3O3. The van der Waals surface area contributed by atoms with Gasteiger partial charge in [-0.1, -0.05) is 15.9 Å². The highest BCUT2D eigenvalue weighted by atomic mass is 79.9. The van der Waals surface area contributed by atoms with Gasteiger partial charge in [0.05, 0.1) is 29.2 Å². The molecule has 6 nitrogen and oxygen atoms in total. The Morgan fingerprint density at radius 2 is 1.79 bits per heavy atom. The van der Waals surface area contributed by atoms with Crippen molar-refractivity contribution in [1.82, 2.24) is 4.98 Å². The zero-order chi connectivity index (χ0) is 17.7. The molecule has 0 atom stereocenters. The van der Waals surface area contributed by atoms with Crippen LogP contribution in [0.25, 0.3) is 0 Å². The largest absolute Gasteiger partial charge is 0.462 e. The van der Waals surface area contributed by atoms with Gasteiger partial charge in [0.15, 0.2) is 0 Å². The van der Waals surface area contributed by atoms with Gasteiger partial charge in [-0.25, -0.2) is 9.59 Å². The third-order valence-corrected chi connectivity index (χ3v) is 3.78. The lowest BCUT2D eigenvalue weighted by molar-refractivity contribution is 0.0525. The Kier molecular flexibility index (Phi) is 5.92. The number of esters is 1. The summed E-state index contributed by atoms with van der Waals surface area (Å²) in [5.41, 5.74) is 2.62. The predicted molar refractivity (Wildman–Crippen MR) is 96.5 cm³/mol. The number of anilines is 2. The van der Waals surface area contributed by atoms with Gasteiger partial charge >= 0.3 is 12.0 Å². The highest BCUT2D eigenvalue weighted by Crippen LogP contribution is 2.19. The zero-order valence-corrected chi connectivity index (χ0v) is 15.2. The van der Waals surface area contributed by atoms with E-state index < -0.39 is 12.0 Å². The number of amides is 2. The first-order valence-electron chi connectivity index (χ1n) is 7.39. The number of carbonyl (C=O) groups excluding carboxylic acids is 2. The van der Waals surface area contributed by atoms with Crippen molar-refractivity contribution in [2.24, 2.45) is 0 Å². The molecule has 2 rings (SSSR count). The van der Waals surface area contributed by atoms with Crippen LogP contribution in [-0.4, -0.2) is 23.6 Å². The van der Waals surface area contributed by atoms with E-state index in [9.17, 15) is 9.59 Å². The molecule has 0 saturated heterocycles. The van der Waals surface area contributed by atoms with Gasteiger partial charge in [-0.05, 0) is 51.1 Å². The standard InChI is InChI=1S/C17H18BrN3O3/c1-4-24-16(22)14-9-15(11(3)19-10(14)2)21-17(23)20-13-7-5-12(18)6-8-13/h5-9H,4H2,1-3H3,(H2,20,21,23). The van der Waals surface area contributed by atoms with Crippen molar-refractivity contribution >= 4 is 39.3 Å². The minimum atomic E-state index is -0.459. The predicted octanol–water partition coefficient (Wildman–Crippen LogP) is 4.28. The fraction of sp³-hybridized carbons (Fsp3) is 0.235. The second kappa shape index (κ2) is 7.92. The Bertz CT molecular complexity index is 760. The topological polar surface area (TPSA) is 80.3 Å². The first-order chi connectivity index (χ1) is 11.4. The molecule has 126 valence electrons. The number of rotatable bonds is 4. The molecule has 0 spiro atoms. The van der Waals surface area contributed by atoms with Crippen LogP contribution >= 0.6 is 15.9 Å². The fourth-order valence-corrected chi connectivity index (χ4v) is 2.35. The van der Waals surface area contributed by atoms with E-state index in [1.165, 1.54) is 0 Å². The number of aryl methyl sites for hydroxylation is 2. The number of carbonyl (C=O) groups is 2. The van der Waals surface area contributed by atoms with E-state index in [1.54, 1.807) is 39.0 Å². The van der Waals surface area contributed by atoms with Gasteiger partial charge in [0, 0.05) is 10.2 Å². The van der Waals surface area contributed by atoms with E-state index in [0.717, 1.165) is 4.47 Å². The van der Waals surface area contributed by atoms with Crippen LogP contribution in [0.4, 0.5) is 16.2 Å². The van der Waals surface area contributed by atoms with Crippen molar-refractivity contribution < 1.29 is 14.3 Å². The highest BCUT2D eigenvalue weighted by molar-refractivity contribution is 9.10. The molecule has 2 aromatic rings. The molecule has 1 aromatic heterocycles. The lowest BCUT2D eigenvalue weighted by atomic mass is 10.1. The van der Waals surface area contributed by atoms with Crippen LogP contribution in [0.5, 0.6) is 0 Å². The molecule has 0 aliphatic rings. The molecule has 0 saturated carbocycles. The molecule has 0 radical (unpaired) electrons. The second-order valence-corrected chi connectivity index (χ2v) is 5.98. The summed E-state index contributed by atoms with van der Waals surface area (Å²) < 4.78 is 5.93. The van der Waals surface area contributed by atoms with Crippen LogP contribution in [-0.2, 0) is 4.74 Å². The van der Waals surface area contributed by atoms with Crippen molar-refractivity contribution in [2.45, 2.75) is 20.8 Å². The molecule has 0 aliphatic heterocycles. The molecule has 1 heterocycles. The van der Waals surface area contributed by atoms with Crippen molar-refractivity contribution in [3.8, 4) is 0 Å². The van der Waals surface area contributed by atoms with Crippen LogP contribution in [0.3, 0.4) is 0 Å². The molecule has 7 heteroatoms. The Morgan fingerprint density at radius 1 is 1.12 bits per heavy atom. The summed E-state index contributed by atoms with van der Waals surface area (Å²) in [5, 5.41) is 5.42. The van der Waals surface area contributed by atoms with E-state index in [4.69, 9.17) is 4.74 Å². The fourth-order valence-electron chi connectivity index (χ4n) is 2.09. The number of ether oxygens (including phenoxy) is 1. The normalized spacial score (nSPS) is 10.2. The number of nitrogens with one attached hydrogen (secondary N) is 2. The molecule has 2 amide bonds. The lowest BCUT2D eigenvalue weighted by Crippen LogP contribution is -2.21. The van der Waals surface area contributed by atoms with E-state index in [-0.39, 0.29) is 6.61 Å². The maximum absolute atomic E-state index is 12.1. The summed E-state index contributed by atoms with van der Waals surface area (Å²) in [7, 11) is 0. The first-order valence-corrected chi connectivity index (χ1v) is 8.19. The van der Waals surface area contributed by atoms with Crippen molar-refractivity contribution in [2.75, 3.05) is 17.2 Å². The second-order valence-electron chi connectivity index (χ2n) is 5.06. The maximum atomic E-state index is 12.1. The van der Waals surface area contributed by atoms with Crippen LogP contribution in [0.2, 0.25) is 0 Å². The summed E-state index contributed by atoms with van der Waals surface area (Å²) in [4.78, 5) is 28.4. The van der Waals surface area contributed by atoms with Crippen molar-refractivity contribution in [3.05, 3.63) is 51.8 Å². The number of pyridine rings is 1. The SMILES string of the molecule is CCOC(=O)c1cc(NC(=O)Nc2ccc(Br)cc2)c(C)nc1C. The van der Waals surface area contributed by atoms with E-state index in [1.807, 2.05) is 12.1 Å². The summed E-state index contributed by atoms with van der Waals surface area (Å²) >= 11 is 3.34. The molecule has 24 heavy (non-hydrogen) atoms.